The number of hydrogen-bond acceptors (Lipinski definition) is 3. The highest BCUT2D eigenvalue weighted by Crippen LogP contribution is 2.53. The van der Waals surface area contributed by atoms with Gasteiger partial charge in [-0.25, -0.2) is 0 Å². The third-order valence-electron chi connectivity index (χ3n) is 2.46. The van der Waals surface area contributed by atoms with Crippen molar-refractivity contribution >= 4 is 29.9 Å². The summed E-state index contributed by atoms with van der Waals surface area (Å²) in [6, 6.07) is 1.48. The molecule has 0 aliphatic carbocycles. The van der Waals surface area contributed by atoms with Gasteiger partial charge in [0.2, 0.25) is 0 Å². The van der Waals surface area contributed by atoms with E-state index in [4.69, 9.17) is 15.8 Å². The number of benzene rings is 1. The van der Waals surface area contributed by atoms with E-state index in [2.05, 4.69) is 11.6 Å². The zero-order valence-electron chi connectivity index (χ0n) is 9.43. The van der Waals surface area contributed by atoms with E-state index in [1.807, 2.05) is 0 Å². The van der Waals surface area contributed by atoms with Gasteiger partial charge in [-0.2, -0.15) is 26.3 Å². The van der Waals surface area contributed by atoms with Gasteiger partial charge < -0.3 is 15.8 Å². The van der Waals surface area contributed by atoms with Crippen LogP contribution in [0.25, 0.3) is 0 Å². The fourth-order valence-corrected chi connectivity index (χ4v) is 1.49. The van der Waals surface area contributed by atoms with Crippen LogP contribution in [0.3, 0.4) is 0 Å². The first kappa shape index (κ1) is 16.9. The summed E-state index contributed by atoms with van der Waals surface area (Å²) in [4.78, 5) is 0. The zero-order chi connectivity index (χ0) is 15.9. The number of alkyl halides is 7. The van der Waals surface area contributed by atoms with Gasteiger partial charge in [-0.15, -0.1) is 0 Å². The van der Waals surface area contributed by atoms with E-state index in [1.54, 1.807) is 0 Å². The van der Waals surface area contributed by atoms with Gasteiger partial charge in [-0.05, 0) is 23.1 Å². The molecule has 0 bridgehead atoms. The maximum atomic E-state index is 13.5. The SMILES string of the molecule is Nc1cc(B(O)O)ccc1C(F)(F)C(F)(F)C(F)(F)Cl. The van der Waals surface area contributed by atoms with Crippen molar-refractivity contribution in [2.45, 2.75) is 17.2 Å². The van der Waals surface area contributed by atoms with Gasteiger partial charge in [0.15, 0.2) is 0 Å². The van der Waals surface area contributed by atoms with Gasteiger partial charge in [0, 0.05) is 5.69 Å². The van der Waals surface area contributed by atoms with Crippen molar-refractivity contribution in [1.29, 1.82) is 0 Å². The molecule has 112 valence electrons. The average Bonchev–Trinajstić information content (AvgIpc) is 2.26. The number of anilines is 1. The largest absolute Gasteiger partial charge is 0.488 e. The Kier molecular flexibility index (Phi) is 4.24. The first-order chi connectivity index (χ1) is 8.82. The lowest BCUT2D eigenvalue weighted by molar-refractivity contribution is -0.285. The average molecular weight is 321 g/mol. The minimum Gasteiger partial charge on any atom is -0.423 e. The second kappa shape index (κ2) is 5.01. The molecule has 11 heteroatoms. The standard InChI is InChI=1S/C9H7BClF6NO2/c11-9(16,17)8(14,15)7(12,13)5-2-1-4(10(19)20)3-6(5)18/h1-3,19-20H,18H2. The molecule has 0 saturated carbocycles. The van der Waals surface area contributed by atoms with Crippen LogP contribution in [0.1, 0.15) is 5.56 Å². The molecule has 0 amide bonds. The van der Waals surface area contributed by atoms with Gasteiger partial charge in [-0.1, -0.05) is 12.1 Å². The Morgan fingerprint density at radius 1 is 1.05 bits per heavy atom. The highest BCUT2D eigenvalue weighted by atomic mass is 35.5. The Balaban J connectivity index is 3.36. The van der Waals surface area contributed by atoms with E-state index < -0.39 is 35.6 Å². The predicted octanol–water partition coefficient (Wildman–Crippen LogP) is 1.51. The van der Waals surface area contributed by atoms with Crippen LogP contribution in [0.4, 0.5) is 32.0 Å². The molecule has 1 rings (SSSR count). The van der Waals surface area contributed by atoms with Crippen LogP contribution in [-0.4, -0.2) is 28.5 Å². The third-order valence-corrected chi connectivity index (χ3v) is 2.70. The Labute approximate surface area is 114 Å². The molecule has 4 N–H and O–H groups in total. The summed E-state index contributed by atoms with van der Waals surface area (Å²) in [5, 5.41) is 12.0. The van der Waals surface area contributed by atoms with Crippen LogP contribution in [0.2, 0.25) is 0 Å². The summed E-state index contributed by atoms with van der Waals surface area (Å²) in [5.74, 6) is -11.3. The first-order valence-corrected chi connectivity index (χ1v) is 5.28. The van der Waals surface area contributed by atoms with Crippen molar-refractivity contribution in [1.82, 2.24) is 0 Å². The number of nitrogens with two attached hydrogens (primary N) is 1. The Bertz CT molecular complexity index is 508. The summed E-state index contributed by atoms with van der Waals surface area (Å²) in [7, 11) is -2.09. The van der Waals surface area contributed by atoms with Gasteiger partial charge in [0.05, 0.1) is 5.56 Å². The summed E-state index contributed by atoms with van der Waals surface area (Å²) in [5.41, 5.74) is 2.07. The van der Waals surface area contributed by atoms with Gasteiger partial charge >= 0.3 is 24.3 Å². The lowest BCUT2D eigenvalue weighted by Gasteiger charge is -2.30. The second-order valence-electron chi connectivity index (χ2n) is 3.87. The molecule has 0 saturated heterocycles. The van der Waals surface area contributed by atoms with Crippen molar-refractivity contribution in [2.24, 2.45) is 0 Å². The van der Waals surface area contributed by atoms with E-state index >= 15 is 0 Å². The van der Waals surface area contributed by atoms with Crippen molar-refractivity contribution < 1.29 is 36.4 Å². The van der Waals surface area contributed by atoms with E-state index in [-0.39, 0.29) is 5.46 Å². The molecule has 0 fully saturated rings. The topological polar surface area (TPSA) is 66.5 Å². The molecule has 1 aromatic carbocycles. The minimum atomic E-state index is -5.89. The number of nitrogen functional groups attached to an aromatic ring is 1. The molecule has 0 heterocycles. The summed E-state index contributed by atoms with van der Waals surface area (Å²) < 4.78 is 78.0. The summed E-state index contributed by atoms with van der Waals surface area (Å²) in [6.45, 7) is 0. The van der Waals surface area contributed by atoms with Gasteiger partial charge in [-0.3, -0.25) is 0 Å². The molecule has 0 aliphatic rings. The second-order valence-corrected chi connectivity index (χ2v) is 4.34. The van der Waals surface area contributed by atoms with Crippen molar-refractivity contribution in [3.05, 3.63) is 23.8 Å². The van der Waals surface area contributed by atoms with Crippen molar-refractivity contribution in [2.75, 3.05) is 5.73 Å². The lowest BCUT2D eigenvalue weighted by atomic mass is 9.79. The van der Waals surface area contributed by atoms with E-state index in [9.17, 15) is 26.3 Å². The molecule has 0 aromatic heterocycles. The smallest absolute Gasteiger partial charge is 0.423 e. The molecule has 20 heavy (non-hydrogen) atoms. The Morgan fingerprint density at radius 3 is 1.90 bits per heavy atom. The summed E-state index contributed by atoms with van der Waals surface area (Å²) >= 11 is 4.01. The fraction of sp³-hybridized carbons (Fsp3) is 0.333. The summed E-state index contributed by atoms with van der Waals surface area (Å²) in [6.07, 6.45) is 0. The predicted molar refractivity (Wildman–Crippen MR) is 60.3 cm³/mol. The van der Waals surface area contributed by atoms with Crippen LogP contribution >= 0.6 is 11.6 Å². The molecule has 3 nitrogen and oxygen atoms in total. The van der Waals surface area contributed by atoms with Crippen LogP contribution in [0.15, 0.2) is 18.2 Å². The number of rotatable bonds is 4. The maximum absolute atomic E-state index is 13.5. The van der Waals surface area contributed by atoms with Crippen LogP contribution in [0, 0.1) is 0 Å². The fourth-order valence-electron chi connectivity index (χ4n) is 1.37. The Hall–Kier alpha value is -1.13. The highest BCUT2D eigenvalue weighted by Gasteiger charge is 2.72. The van der Waals surface area contributed by atoms with Crippen LogP contribution in [-0.2, 0) is 5.92 Å². The number of halogens is 7. The molecule has 0 spiro atoms. The minimum absolute atomic E-state index is 0.292. The normalized spacial score (nSPS) is 13.4. The van der Waals surface area contributed by atoms with E-state index in [0.717, 1.165) is 0 Å². The zero-order valence-corrected chi connectivity index (χ0v) is 10.2. The molecule has 1 aromatic rings. The molecular formula is C9H7BClF6NO2. The van der Waals surface area contributed by atoms with E-state index in [0.29, 0.717) is 18.2 Å². The van der Waals surface area contributed by atoms with Crippen LogP contribution in [0.5, 0.6) is 0 Å². The highest BCUT2D eigenvalue weighted by molar-refractivity contribution is 6.58. The third kappa shape index (κ3) is 2.67. The van der Waals surface area contributed by atoms with Gasteiger partial charge in [0.1, 0.15) is 0 Å². The molecule has 0 unspecified atom stereocenters. The van der Waals surface area contributed by atoms with Crippen molar-refractivity contribution in [3.8, 4) is 0 Å². The molecule has 0 aliphatic heterocycles. The quantitative estimate of drug-likeness (QED) is 0.341. The van der Waals surface area contributed by atoms with E-state index in [1.165, 1.54) is 0 Å². The molecular weight excluding hydrogens is 314 g/mol. The molecule has 0 radical (unpaired) electrons. The van der Waals surface area contributed by atoms with Gasteiger partial charge in [0.25, 0.3) is 0 Å². The first-order valence-electron chi connectivity index (χ1n) is 4.90. The van der Waals surface area contributed by atoms with Crippen molar-refractivity contribution in [3.63, 3.8) is 0 Å². The monoisotopic (exact) mass is 321 g/mol. The Morgan fingerprint density at radius 2 is 1.55 bits per heavy atom. The lowest BCUT2D eigenvalue weighted by Crippen LogP contribution is -2.49. The number of hydrogen-bond donors (Lipinski definition) is 3. The molecule has 0 atom stereocenters. The van der Waals surface area contributed by atoms with Crippen LogP contribution < -0.4 is 11.2 Å². The maximum Gasteiger partial charge on any atom is 0.488 e.